The van der Waals surface area contributed by atoms with Crippen molar-refractivity contribution in [3.05, 3.63) is 63.9 Å². The molecule has 2 aliphatic rings. The number of nitrogens with one attached hydrogen (secondary N) is 4. The van der Waals surface area contributed by atoms with E-state index in [0.717, 1.165) is 59.2 Å². The Hall–Kier alpha value is -3.21. The minimum atomic E-state index is -0.0322. The van der Waals surface area contributed by atoms with E-state index in [1.165, 1.54) is 0 Å². The van der Waals surface area contributed by atoms with Crippen LogP contribution in [0.25, 0.3) is 0 Å². The van der Waals surface area contributed by atoms with Gasteiger partial charge in [-0.25, -0.2) is 4.98 Å². The Morgan fingerprint density at radius 1 is 0.875 bits per heavy atom. The highest BCUT2D eigenvalue weighted by Crippen LogP contribution is 2.38. The van der Waals surface area contributed by atoms with Crippen molar-refractivity contribution in [2.24, 2.45) is 17.3 Å². The van der Waals surface area contributed by atoms with Gasteiger partial charge in [0.1, 0.15) is 5.82 Å². The van der Waals surface area contributed by atoms with Gasteiger partial charge in [-0.1, -0.05) is 32.9 Å². The number of halogens is 1. The van der Waals surface area contributed by atoms with Crippen LogP contribution in [0.1, 0.15) is 69.7 Å². The molecule has 0 aliphatic heterocycles. The molecular formula is C31H37IN6O2. The molecule has 8 nitrogen and oxygen atoms in total. The lowest BCUT2D eigenvalue weighted by molar-refractivity contribution is -0.117. The number of carbonyl (C=O) groups excluding carboxylic acids is 2. The molecule has 0 bridgehead atoms. The zero-order chi connectivity index (χ0) is 28.3. The molecule has 1 aromatic heterocycles. The van der Waals surface area contributed by atoms with Crippen molar-refractivity contribution >= 4 is 63.2 Å². The summed E-state index contributed by atoms with van der Waals surface area (Å²) >= 11 is 2.18. The van der Waals surface area contributed by atoms with Gasteiger partial charge in [-0.2, -0.15) is 4.98 Å². The zero-order valence-electron chi connectivity index (χ0n) is 23.3. The highest BCUT2D eigenvalue weighted by Gasteiger charge is 2.31. The van der Waals surface area contributed by atoms with Crippen molar-refractivity contribution in [3.8, 4) is 0 Å². The van der Waals surface area contributed by atoms with Crippen LogP contribution in [0.5, 0.6) is 0 Å². The standard InChI is InChI=1S/C31H37IN6O2/c1-31(2,3)21-12-16-22(17-13-21)34-28(39)20-10-14-23(15-11-20)35-30-33-18-24(32)27(38-30)36-25-6-4-5-7-26(25)37-29(40)19-8-9-19/h4-7,10-11,14-15,18-19,21-22H,8-9,12-13,16-17H2,1-3H3,(H,34,39)(H,37,40)(H2,33,35,36,38). The van der Waals surface area contributed by atoms with Crippen molar-refractivity contribution in [2.45, 2.75) is 65.3 Å². The van der Waals surface area contributed by atoms with E-state index < -0.39 is 0 Å². The molecule has 210 valence electrons. The van der Waals surface area contributed by atoms with E-state index in [1.54, 1.807) is 6.20 Å². The van der Waals surface area contributed by atoms with Crippen LogP contribution in [0.15, 0.2) is 54.7 Å². The first-order valence-corrected chi connectivity index (χ1v) is 15.1. The first-order chi connectivity index (χ1) is 19.2. The van der Waals surface area contributed by atoms with Crippen molar-refractivity contribution in [1.29, 1.82) is 0 Å². The molecule has 2 aliphatic carbocycles. The molecule has 2 fully saturated rings. The largest absolute Gasteiger partial charge is 0.349 e. The first-order valence-electron chi connectivity index (χ1n) is 14.0. The molecule has 1 heterocycles. The Bertz CT molecular complexity index is 1360. The number of rotatable bonds is 8. The number of amides is 2. The molecule has 2 aromatic carbocycles. The third kappa shape index (κ3) is 7.30. The lowest BCUT2D eigenvalue weighted by atomic mass is 9.71. The predicted octanol–water partition coefficient (Wildman–Crippen LogP) is 7.25. The summed E-state index contributed by atoms with van der Waals surface area (Å²) in [6.45, 7) is 6.92. The summed E-state index contributed by atoms with van der Waals surface area (Å²) in [7, 11) is 0. The summed E-state index contributed by atoms with van der Waals surface area (Å²) in [5.41, 5.74) is 3.24. The smallest absolute Gasteiger partial charge is 0.251 e. The fourth-order valence-electron chi connectivity index (χ4n) is 5.13. The van der Waals surface area contributed by atoms with E-state index >= 15 is 0 Å². The molecule has 0 atom stereocenters. The molecular weight excluding hydrogens is 615 g/mol. The summed E-state index contributed by atoms with van der Waals surface area (Å²) in [6.07, 6.45) is 8.01. The lowest BCUT2D eigenvalue weighted by Crippen LogP contribution is -2.39. The first kappa shape index (κ1) is 28.3. The van der Waals surface area contributed by atoms with Gasteiger partial charge < -0.3 is 21.3 Å². The molecule has 2 saturated carbocycles. The number of hydrogen-bond acceptors (Lipinski definition) is 6. The molecule has 5 rings (SSSR count). The molecule has 2 amide bonds. The van der Waals surface area contributed by atoms with Gasteiger partial charge in [-0.05, 0) is 109 Å². The second-order valence-corrected chi connectivity index (χ2v) is 13.1. The maximum absolute atomic E-state index is 12.9. The van der Waals surface area contributed by atoms with Crippen LogP contribution in [-0.2, 0) is 4.79 Å². The number of hydrogen-bond donors (Lipinski definition) is 4. The summed E-state index contributed by atoms with van der Waals surface area (Å²) in [6, 6.07) is 15.2. The molecule has 0 spiro atoms. The summed E-state index contributed by atoms with van der Waals surface area (Å²) < 4.78 is 0.843. The highest BCUT2D eigenvalue weighted by atomic mass is 127. The van der Waals surface area contributed by atoms with Crippen molar-refractivity contribution < 1.29 is 9.59 Å². The van der Waals surface area contributed by atoms with Crippen LogP contribution < -0.4 is 21.3 Å². The molecule has 0 saturated heterocycles. The van der Waals surface area contributed by atoms with Gasteiger partial charge in [0, 0.05) is 29.4 Å². The normalized spacial score (nSPS) is 19.0. The Morgan fingerprint density at radius 2 is 1.55 bits per heavy atom. The van der Waals surface area contributed by atoms with Crippen LogP contribution >= 0.6 is 22.6 Å². The molecule has 40 heavy (non-hydrogen) atoms. The number of aromatic nitrogens is 2. The fourth-order valence-corrected chi connectivity index (χ4v) is 5.53. The van der Waals surface area contributed by atoms with E-state index in [0.29, 0.717) is 28.7 Å². The average molecular weight is 653 g/mol. The Morgan fingerprint density at radius 3 is 2.20 bits per heavy atom. The quantitative estimate of drug-likeness (QED) is 0.191. The number of anilines is 5. The summed E-state index contributed by atoms with van der Waals surface area (Å²) in [5, 5.41) is 12.8. The van der Waals surface area contributed by atoms with Crippen LogP contribution in [0, 0.1) is 20.8 Å². The molecule has 0 unspecified atom stereocenters. The van der Waals surface area contributed by atoms with Crippen molar-refractivity contribution in [1.82, 2.24) is 15.3 Å². The van der Waals surface area contributed by atoms with Crippen molar-refractivity contribution in [2.75, 3.05) is 16.0 Å². The minimum absolute atomic E-state index is 0.0322. The minimum Gasteiger partial charge on any atom is -0.349 e. The van der Waals surface area contributed by atoms with E-state index in [2.05, 4.69) is 74.6 Å². The van der Waals surface area contributed by atoms with Crippen molar-refractivity contribution in [3.63, 3.8) is 0 Å². The van der Waals surface area contributed by atoms with Crippen LogP contribution in [0.3, 0.4) is 0 Å². The Kier molecular flexibility index (Phi) is 8.58. The third-order valence-corrected chi connectivity index (χ3v) is 8.61. The second kappa shape index (κ2) is 12.1. The molecule has 4 N–H and O–H groups in total. The number of benzene rings is 2. The number of carbonyl (C=O) groups is 2. The van der Waals surface area contributed by atoms with E-state index in [4.69, 9.17) is 0 Å². The Balaban J connectivity index is 1.19. The van der Waals surface area contributed by atoms with Gasteiger partial charge in [0.05, 0.1) is 14.9 Å². The molecule has 9 heteroatoms. The van der Waals surface area contributed by atoms with Gasteiger partial charge in [0.15, 0.2) is 0 Å². The van der Waals surface area contributed by atoms with E-state index in [9.17, 15) is 9.59 Å². The topological polar surface area (TPSA) is 108 Å². The SMILES string of the molecule is CC(C)(C)C1CCC(NC(=O)c2ccc(Nc3ncc(I)c(Nc4ccccc4NC(=O)C4CC4)n3)cc2)CC1. The van der Waals surface area contributed by atoms with Crippen LogP contribution in [-0.4, -0.2) is 27.8 Å². The maximum Gasteiger partial charge on any atom is 0.251 e. The highest BCUT2D eigenvalue weighted by molar-refractivity contribution is 14.1. The number of nitrogens with zero attached hydrogens (tertiary/aromatic N) is 2. The van der Waals surface area contributed by atoms with Crippen LogP contribution in [0.4, 0.5) is 28.8 Å². The van der Waals surface area contributed by atoms with Gasteiger partial charge in [-0.15, -0.1) is 0 Å². The molecule has 3 aromatic rings. The number of para-hydroxylation sites is 2. The van der Waals surface area contributed by atoms with Gasteiger partial charge in [-0.3, -0.25) is 9.59 Å². The zero-order valence-corrected chi connectivity index (χ0v) is 25.4. The van der Waals surface area contributed by atoms with E-state index in [1.807, 2.05) is 48.5 Å². The van der Waals surface area contributed by atoms with Gasteiger partial charge in [0.25, 0.3) is 5.91 Å². The van der Waals surface area contributed by atoms with Gasteiger partial charge in [0.2, 0.25) is 11.9 Å². The average Bonchev–Trinajstić information content (AvgIpc) is 3.78. The Labute approximate surface area is 249 Å². The fraction of sp³-hybridized carbons (Fsp3) is 0.419. The third-order valence-electron chi connectivity index (χ3n) is 7.82. The molecule has 0 radical (unpaired) electrons. The second-order valence-electron chi connectivity index (χ2n) is 11.9. The van der Waals surface area contributed by atoms with Gasteiger partial charge >= 0.3 is 0 Å². The van der Waals surface area contributed by atoms with E-state index in [-0.39, 0.29) is 23.8 Å². The monoisotopic (exact) mass is 652 g/mol. The van der Waals surface area contributed by atoms with Crippen LogP contribution in [0.2, 0.25) is 0 Å². The predicted molar refractivity (Wildman–Crippen MR) is 168 cm³/mol. The summed E-state index contributed by atoms with van der Waals surface area (Å²) in [4.78, 5) is 34.2. The summed E-state index contributed by atoms with van der Waals surface area (Å²) in [5.74, 6) is 1.91. The lowest BCUT2D eigenvalue weighted by Gasteiger charge is -2.37. The maximum atomic E-state index is 12.9.